The van der Waals surface area contributed by atoms with Crippen LogP contribution in [0.4, 0.5) is 14.5 Å². The van der Waals surface area contributed by atoms with Gasteiger partial charge in [-0.1, -0.05) is 6.07 Å². The molecule has 1 aromatic heterocycles. The average molecular weight is 263 g/mol. The van der Waals surface area contributed by atoms with E-state index >= 15 is 0 Å². The Kier molecular flexibility index (Phi) is 3.82. The van der Waals surface area contributed by atoms with E-state index in [4.69, 9.17) is 5.73 Å². The van der Waals surface area contributed by atoms with E-state index in [9.17, 15) is 13.6 Å². The molecule has 0 fully saturated rings. The Morgan fingerprint density at radius 1 is 1.26 bits per heavy atom. The fourth-order valence-electron chi connectivity index (χ4n) is 1.48. The molecule has 0 spiro atoms. The van der Waals surface area contributed by atoms with E-state index < -0.39 is 17.5 Å². The maximum atomic E-state index is 13.6. The molecule has 1 heterocycles. The second-order valence-corrected chi connectivity index (χ2v) is 3.83. The number of nitrogens with zero attached hydrogens (tertiary/aromatic N) is 1. The Morgan fingerprint density at radius 2 is 2.05 bits per heavy atom. The quantitative estimate of drug-likeness (QED) is 0.890. The van der Waals surface area contributed by atoms with Crippen LogP contribution in [0.25, 0.3) is 0 Å². The number of hydrogen-bond donors (Lipinski definition) is 2. The third-order valence-electron chi connectivity index (χ3n) is 2.48. The number of carbonyl (C=O) groups excluding carboxylic acids is 1. The van der Waals surface area contributed by atoms with Crippen LogP contribution in [-0.4, -0.2) is 10.9 Å². The fourth-order valence-corrected chi connectivity index (χ4v) is 1.48. The Morgan fingerprint density at radius 3 is 2.63 bits per heavy atom. The molecule has 1 amide bonds. The molecule has 2 rings (SSSR count). The predicted octanol–water partition coefficient (Wildman–Crippen LogP) is 2.07. The van der Waals surface area contributed by atoms with E-state index in [0.717, 1.165) is 12.3 Å². The number of carbonyl (C=O) groups is 1. The van der Waals surface area contributed by atoms with Crippen LogP contribution in [0.2, 0.25) is 0 Å². The lowest BCUT2D eigenvalue weighted by atomic mass is 10.2. The van der Waals surface area contributed by atoms with Crippen molar-refractivity contribution >= 4 is 11.6 Å². The summed E-state index contributed by atoms with van der Waals surface area (Å²) in [5, 5.41) is 2.36. The molecule has 0 saturated heterocycles. The molecule has 0 aliphatic carbocycles. The van der Waals surface area contributed by atoms with Crippen LogP contribution >= 0.6 is 0 Å². The topological polar surface area (TPSA) is 68.0 Å². The number of benzene rings is 1. The van der Waals surface area contributed by atoms with Crippen LogP contribution in [0.3, 0.4) is 0 Å². The second kappa shape index (κ2) is 5.53. The molecule has 3 N–H and O–H groups in total. The molecular formula is C13H11F2N3O. The van der Waals surface area contributed by atoms with Crippen molar-refractivity contribution in [3.63, 3.8) is 0 Å². The van der Waals surface area contributed by atoms with Crippen molar-refractivity contribution in [3.05, 3.63) is 59.4 Å². The van der Waals surface area contributed by atoms with Gasteiger partial charge in [0.05, 0.1) is 11.9 Å². The summed E-state index contributed by atoms with van der Waals surface area (Å²) >= 11 is 0. The van der Waals surface area contributed by atoms with Gasteiger partial charge in [0.15, 0.2) is 0 Å². The van der Waals surface area contributed by atoms with Gasteiger partial charge in [-0.2, -0.15) is 0 Å². The largest absolute Gasteiger partial charge is 0.326 e. The van der Waals surface area contributed by atoms with Crippen LogP contribution in [-0.2, 0) is 6.54 Å². The molecule has 98 valence electrons. The Labute approximate surface area is 108 Å². The summed E-state index contributed by atoms with van der Waals surface area (Å²) in [6.07, 6.45) is 0.919. The Balaban J connectivity index is 2.17. The standard InChI is InChI=1S/C13H11F2N3O/c14-9-2-4-12(17-7-9)13(19)18-11-3-1-8(6-16)5-10(11)15/h1-5,7H,6,16H2,(H,18,19). The van der Waals surface area contributed by atoms with Crippen LogP contribution in [0.5, 0.6) is 0 Å². The lowest BCUT2D eigenvalue weighted by Gasteiger charge is -2.07. The van der Waals surface area contributed by atoms with Gasteiger partial charge >= 0.3 is 0 Å². The monoisotopic (exact) mass is 263 g/mol. The summed E-state index contributed by atoms with van der Waals surface area (Å²) in [7, 11) is 0. The van der Waals surface area contributed by atoms with Crippen molar-refractivity contribution in [3.8, 4) is 0 Å². The lowest BCUT2D eigenvalue weighted by Crippen LogP contribution is -2.14. The van der Waals surface area contributed by atoms with Gasteiger partial charge in [-0.3, -0.25) is 4.79 Å². The van der Waals surface area contributed by atoms with E-state index in [1.165, 1.54) is 18.2 Å². The molecule has 0 atom stereocenters. The van der Waals surface area contributed by atoms with E-state index in [1.54, 1.807) is 6.07 Å². The highest BCUT2D eigenvalue weighted by Crippen LogP contribution is 2.16. The van der Waals surface area contributed by atoms with Gasteiger partial charge in [0, 0.05) is 6.54 Å². The molecule has 0 bridgehead atoms. The van der Waals surface area contributed by atoms with Gasteiger partial charge in [-0.05, 0) is 29.8 Å². The normalized spacial score (nSPS) is 10.3. The second-order valence-electron chi connectivity index (χ2n) is 3.83. The van der Waals surface area contributed by atoms with Gasteiger partial charge in [-0.25, -0.2) is 13.8 Å². The molecule has 0 aliphatic rings. The Bertz CT molecular complexity index is 599. The van der Waals surface area contributed by atoms with Crippen molar-refractivity contribution in [1.82, 2.24) is 4.98 Å². The first-order valence-corrected chi connectivity index (χ1v) is 5.51. The summed E-state index contributed by atoms with van der Waals surface area (Å²) < 4.78 is 26.3. The van der Waals surface area contributed by atoms with Crippen LogP contribution < -0.4 is 11.1 Å². The van der Waals surface area contributed by atoms with E-state index in [0.29, 0.717) is 5.56 Å². The zero-order valence-corrected chi connectivity index (χ0v) is 9.86. The summed E-state index contributed by atoms with van der Waals surface area (Å²) in [4.78, 5) is 15.4. The van der Waals surface area contributed by atoms with Crippen molar-refractivity contribution in [2.45, 2.75) is 6.54 Å². The number of pyridine rings is 1. The third kappa shape index (κ3) is 3.11. The van der Waals surface area contributed by atoms with Crippen molar-refractivity contribution in [2.24, 2.45) is 5.73 Å². The van der Waals surface area contributed by atoms with Gasteiger partial charge in [0.25, 0.3) is 5.91 Å². The minimum absolute atomic E-state index is 0.00343. The van der Waals surface area contributed by atoms with Crippen molar-refractivity contribution < 1.29 is 13.6 Å². The van der Waals surface area contributed by atoms with Gasteiger partial charge in [0.1, 0.15) is 17.3 Å². The molecule has 6 heteroatoms. The highest BCUT2D eigenvalue weighted by atomic mass is 19.1. The number of amides is 1. The van der Waals surface area contributed by atoms with Gasteiger partial charge in [-0.15, -0.1) is 0 Å². The molecule has 0 saturated carbocycles. The van der Waals surface area contributed by atoms with Gasteiger partial charge < -0.3 is 11.1 Å². The van der Waals surface area contributed by atoms with E-state index in [1.807, 2.05) is 0 Å². The lowest BCUT2D eigenvalue weighted by molar-refractivity contribution is 0.102. The average Bonchev–Trinajstić information content (AvgIpc) is 2.41. The summed E-state index contributed by atoms with van der Waals surface area (Å²) in [6.45, 7) is 0.213. The molecule has 1 aromatic carbocycles. The summed E-state index contributed by atoms with van der Waals surface area (Å²) in [5.74, 6) is -1.74. The van der Waals surface area contributed by atoms with Crippen molar-refractivity contribution in [1.29, 1.82) is 0 Å². The molecule has 19 heavy (non-hydrogen) atoms. The number of hydrogen-bond acceptors (Lipinski definition) is 3. The predicted molar refractivity (Wildman–Crippen MR) is 66.4 cm³/mol. The zero-order chi connectivity index (χ0) is 13.8. The molecule has 0 unspecified atom stereocenters. The van der Waals surface area contributed by atoms with Crippen molar-refractivity contribution in [2.75, 3.05) is 5.32 Å². The molecule has 0 aliphatic heterocycles. The molecule has 0 radical (unpaired) electrons. The smallest absolute Gasteiger partial charge is 0.274 e. The summed E-state index contributed by atoms with van der Waals surface area (Å²) in [6, 6.07) is 6.59. The van der Waals surface area contributed by atoms with Crippen LogP contribution in [0.15, 0.2) is 36.5 Å². The zero-order valence-electron chi connectivity index (χ0n) is 9.86. The minimum Gasteiger partial charge on any atom is -0.326 e. The number of halogens is 2. The molecule has 2 aromatic rings. The molecular weight excluding hydrogens is 252 g/mol. The third-order valence-corrected chi connectivity index (χ3v) is 2.48. The number of rotatable bonds is 3. The number of aromatic nitrogens is 1. The van der Waals surface area contributed by atoms with E-state index in [2.05, 4.69) is 10.3 Å². The maximum Gasteiger partial charge on any atom is 0.274 e. The summed E-state index contributed by atoms with van der Waals surface area (Å²) in [5.41, 5.74) is 6.02. The highest BCUT2D eigenvalue weighted by molar-refractivity contribution is 6.02. The molecule has 4 nitrogen and oxygen atoms in total. The van der Waals surface area contributed by atoms with Crippen LogP contribution in [0, 0.1) is 11.6 Å². The Hall–Kier alpha value is -2.34. The SMILES string of the molecule is NCc1ccc(NC(=O)c2ccc(F)cn2)c(F)c1. The van der Waals surface area contributed by atoms with E-state index in [-0.39, 0.29) is 17.9 Å². The fraction of sp³-hybridized carbons (Fsp3) is 0.0769. The number of nitrogens with two attached hydrogens (primary N) is 1. The minimum atomic E-state index is -0.612. The first-order chi connectivity index (χ1) is 9.10. The van der Waals surface area contributed by atoms with Gasteiger partial charge in [0.2, 0.25) is 0 Å². The first-order valence-electron chi connectivity index (χ1n) is 5.51. The number of nitrogens with one attached hydrogen (secondary N) is 1. The van der Waals surface area contributed by atoms with Crippen LogP contribution in [0.1, 0.15) is 16.1 Å². The highest BCUT2D eigenvalue weighted by Gasteiger charge is 2.10. The number of anilines is 1. The first kappa shape index (κ1) is 13.1. The maximum absolute atomic E-state index is 13.6.